The lowest BCUT2D eigenvalue weighted by Crippen LogP contribution is -2.44. The monoisotopic (exact) mass is 262 g/mol. The normalized spacial score (nSPS) is 11.5. The van der Waals surface area contributed by atoms with Gasteiger partial charge in [-0.2, -0.15) is 0 Å². The van der Waals surface area contributed by atoms with Gasteiger partial charge in [0.15, 0.2) is 0 Å². The molecule has 0 aromatic rings. The maximum absolute atomic E-state index is 11.0. The van der Waals surface area contributed by atoms with Crippen molar-refractivity contribution in [3.63, 3.8) is 0 Å². The molecule has 8 nitrogen and oxygen atoms in total. The molecule has 0 bridgehead atoms. The number of amides is 1. The first-order chi connectivity index (χ1) is 8.51. The molecule has 0 aliphatic carbocycles. The lowest BCUT2D eigenvalue weighted by molar-refractivity contribution is -0.265. The molecule has 1 unspecified atom stereocenters. The number of aliphatic hydroxyl groups excluding tert-OH is 1. The van der Waals surface area contributed by atoms with Crippen molar-refractivity contribution in [1.29, 1.82) is 0 Å². The second-order valence-corrected chi connectivity index (χ2v) is 3.49. The first-order valence-corrected chi connectivity index (χ1v) is 5.60. The third-order valence-corrected chi connectivity index (χ3v) is 1.91. The van der Waals surface area contributed by atoms with E-state index in [1.807, 2.05) is 12.2 Å². The highest BCUT2D eigenvalue weighted by atomic mass is 17.2. The second kappa shape index (κ2) is 9.37. The van der Waals surface area contributed by atoms with Crippen LogP contribution in [0.5, 0.6) is 0 Å². The van der Waals surface area contributed by atoms with E-state index in [1.54, 1.807) is 0 Å². The van der Waals surface area contributed by atoms with Gasteiger partial charge in [-0.15, -0.1) is 0 Å². The summed E-state index contributed by atoms with van der Waals surface area (Å²) in [6.45, 7) is 1.59. The zero-order chi connectivity index (χ0) is 14.0. The van der Waals surface area contributed by atoms with Gasteiger partial charge in [0, 0.05) is 0 Å². The number of unbranched alkanes of at least 4 members (excludes halogenated alkanes) is 2. The summed E-state index contributed by atoms with van der Waals surface area (Å²) in [6.07, 6.45) is 0.630. The average molecular weight is 262 g/mol. The minimum atomic E-state index is -1.91. The van der Waals surface area contributed by atoms with E-state index in [9.17, 15) is 14.4 Å². The van der Waals surface area contributed by atoms with Crippen LogP contribution in [0.15, 0.2) is 0 Å². The highest BCUT2D eigenvalue weighted by Gasteiger charge is 2.21. The second-order valence-electron chi connectivity index (χ2n) is 3.49. The number of nitrogens with two attached hydrogens (primary N) is 1. The predicted octanol–water partition coefficient (Wildman–Crippen LogP) is -1.04. The van der Waals surface area contributed by atoms with Crippen LogP contribution < -0.4 is 11.1 Å². The van der Waals surface area contributed by atoms with Gasteiger partial charge in [-0.25, -0.2) is 19.4 Å². The Bertz CT molecular complexity index is 294. The maximum Gasteiger partial charge on any atom is 0.404 e. The summed E-state index contributed by atoms with van der Waals surface area (Å²) < 4.78 is 0. The van der Waals surface area contributed by atoms with Gasteiger partial charge in [-0.05, 0) is 6.42 Å². The Hall–Kier alpha value is -1.67. The van der Waals surface area contributed by atoms with Crippen molar-refractivity contribution in [3.05, 3.63) is 0 Å². The Kier molecular flexibility index (Phi) is 8.50. The van der Waals surface area contributed by atoms with Gasteiger partial charge in [-0.1, -0.05) is 19.8 Å². The number of nitrogens with one attached hydrogen (secondary N) is 1. The van der Waals surface area contributed by atoms with E-state index in [2.05, 4.69) is 9.78 Å². The molecule has 0 radical (unpaired) electrons. The first-order valence-electron chi connectivity index (χ1n) is 5.60. The summed E-state index contributed by atoms with van der Waals surface area (Å²) in [5.74, 6) is -2.75. The number of aliphatic hydroxyl groups is 1. The van der Waals surface area contributed by atoms with E-state index in [-0.39, 0.29) is 13.0 Å². The first kappa shape index (κ1) is 16.3. The van der Waals surface area contributed by atoms with Gasteiger partial charge >= 0.3 is 11.9 Å². The Morgan fingerprint density at radius 1 is 1.28 bits per heavy atom. The summed E-state index contributed by atoms with van der Waals surface area (Å²) in [5.41, 5.74) is 4.95. The van der Waals surface area contributed by atoms with Crippen LogP contribution in [0.4, 0.5) is 0 Å². The van der Waals surface area contributed by atoms with Crippen LogP contribution in [0.3, 0.4) is 0 Å². The summed E-state index contributed by atoms with van der Waals surface area (Å²) in [7, 11) is 0. The minimum Gasteiger partial charge on any atom is -0.364 e. The molecule has 0 aromatic carbocycles. The zero-order valence-electron chi connectivity index (χ0n) is 10.2. The van der Waals surface area contributed by atoms with E-state index in [1.165, 1.54) is 0 Å². The molecule has 0 fully saturated rings. The molecule has 0 aromatic heterocycles. The quantitative estimate of drug-likeness (QED) is 0.231. The smallest absolute Gasteiger partial charge is 0.364 e. The van der Waals surface area contributed by atoms with Crippen LogP contribution in [0.2, 0.25) is 0 Å². The molecule has 0 spiro atoms. The zero-order valence-corrected chi connectivity index (χ0v) is 10.2. The number of carbonyl (C=O) groups excluding carboxylic acids is 3. The Morgan fingerprint density at radius 3 is 2.50 bits per heavy atom. The molecular weight excluding hydrogens is 244 g/mol. The fourth-order valence-electron chi connectivity index (χ4n) is 0.964. The van der Waals surface area contributed by atoms with Crippen LogP contribution >= 0.6 is 0 Å². The van der Waals surface area contributed by atoms with Crippen molar-refractivity contribution in [2.75, 3.05) is 6.54 Å². The number of carbonyl (C=O) groups is 3. The fraction of sp³-hybridized carbons (Fsp3) is 0.700. The van der Waals surface area contributed by atoms with Crippen molar-refractivity contribution in [2.24, 2.45) is 5.73 Å². The molecule has 0 heterocycles. The van der Waals surface area contributed by atoms with E-state index in [0.717, 1.165) is 12.8 Å². The Morgan fingerprint density at radius 2 is 1.94 bits per heavy atom. The third kappa shape index (κ3) is 7.58. The van der Waals surface area contributed by atoms with E-state index < -0.39 is 24.1 Å². The predicted molar refractivity (Wildman–Crippen MR) is 59.5 cm³/mol. The Labute approximate surface area is 104 Å². The number of hydrogen-bond acceptors (Lipinski definition) is 7. The topological polar surface area (TPSA) is 128 Å². The van der Waals surface area contributed by atoms with Gasteiger partial charge in [0.2, 0.25) is 12.1 Å². The van der Waals surface area contributed by atoms with Crippen molar-refractivity contribution in [2.45, 2.75) is 38.8 Å². The summed E-state index contributed by atoms with van der Waals surface area (Å²) >= 11 is 0. The lowest BCUT2D eigenvalue weighted by Gasteiger charge is -2.09. The molecule has 0 aliphatic rings. The molecule has 0 aliphatic heterocycles. The molecule has 0 saturated carbocycles. The van der Waals surface area contributed by atoms with Crippen LogP contribution in [0.1, 0.15) is 32.6 Å². The van der Waals surface area contributed by atoms with Gasteiger partial charge < -0.3 is 16.2 Å². The molecular formula is C10H18N2O6. The SMILES string of the molecule is CCCCCC(=O)OOC(=O)C(O)NC(=O)CN. The van der Waals surface area contributed by atoms with Crippen LogP contribution in [0.25, 0.3) is 0 Å². The van der Waals surface area contributed by atoms with Crippen LogP contribution in [-0.2, 0) is 24.2 Å². The molecule has 0 saturated heterocycles. The van der Waals surface area contributed by atoms with Crippen LogP contribution in [-0.4, -0.2) is 35.7 Å². The standard InChI is InChI=1S/C10H18N2O6/c1-2-3-4-5-8(14)17-18-10(16)9(15)12-7(13)6-11/h9,15H,2-6,11H2,1H3,(H,12,13). The largest absolute Gasteiger partial charge is 0.404 e. The van der Waals surface area contributed by atoms with Crippen molar-refractivity contribution >= 4 is 17.8 Å². The summed E-state index contributed by atoms with van der Waals surface area (Å²) in [4.78, 5) is 41.0. The summed E-state index contributed by atoms with van der Waals surface area (Å²) in [6, 6.07) is 0. The van der Waals surface area contributed by atoms with E-state index in [0.29, 0.717) is 6.42 Å². The molecule has 18 heavy (non-hydrogen) atoms. The molecule has 104 valence electrons. The minimum absolute atomic E-state index is 0.117. The van der Waals surface area contributed by atoms with Gasteiger partial charge in [0.05, 0.1) is 13.0 Å². The summed E-state index contributed by atoms with van der Waals surface area (Å²) in [5, 5.41) is 10.9. The molecule has 1 atom stereocenters. The molecule has 4 N–H and O–H groups in total. The molecule has 8 heteroatoms. The number of hydrogen-bond donors (Lipinski definition) is 3. The lowest BCUT2D eigenvalue weighted by atomic mass is 10.2. The van der Waals surface area contributed by atoms with Gasteiger partial charge in [0.1, 0.15) is 0 Å². The van der Waals surface area contributed by atoms with Crippen molar-refractivity contribution in [1.82, 2.24) is 5.32 Å². The maximum atomic E-state index is 11.0. The average Bonchev–Trinajstić information content (AvgIpc) is 2.35. The van der Waals surface area contributed by atoms with E-state index in [4.69, 9.17) is 10.8 Å². The Balaban J connectivity index is 3.81. The number of rotatable bonds is 7. The highest BCUT2D eigenvalue weighted by molar-refractivity contribution is 5.84. The highest BCUT2D eigenvalue weighted by Crippen LogP contribution is 2.01. The fourth-order valence-corrected chi connectivity index (χ4v) is 0.964. The third-order valence-electron chi connectivity index (χ3n) is 1.91. The van der Waals surface area contributed by atoms with Gasteiger partial charge in [-0.3, -0.25) is 4.79 Å². The van der Waals surface area contributed by atoms with Crippen molar-refractivity contribution in [3.8, 4) is 0 Å². The molecule has 1 amide bonds. The van der Waals surface area contributed by atoms with Gasteiger partial charge in [0.25, 0.3) is 0 Å². The van der Waals surface area contributed by atoms with E-state index >= 15 is 0 Å². The van der Waals surface area contributed by atoms with Crippen LogP contribution in [0, 0.1) is 0 Å². The van der Waals surface area contributed by atoms with Crippen molar-refractivity contribution < 1.29 is 29.3 Å². The molecule has 0 rings (SSSR count).